The molecule has 0 spiro atoms. The topological polar surface area (TPSA) is 39.7 Å². The summed E-state index contributed by atoms with van der Waals surface area (Å²) in [5.74, 6) is 0.439. The molecule has 0 bridgehead atoms. The molecule has 0 aliphatic carbocycles. The highest BCUT2D eigenvalue weighted by atomic mass is 16.7. The van der Waals surface area contributed by atoms with Crippen LogP contribution in [0.5, 0.6) is 5.75 Å². The molecule has 0 atom stereocenters. The maximum Gasteiger partial charge on any atom is 0.162 e. The van der Waals surface area contributed by atoms with E-state index in [1.807, 2.05) is 39.0 Å². The number of hydrogen-bond donors (Lipinski definition) is 1. The van der Waals surface area contributed by atoms with Gasteiger partial charge < -0.3 is 19.5 Å². The molecule has 4 heteroatoms. The second-order valence-electron chi connectivity index (χ2n) is 5.27. The first-order valence-corrected chi connectivity index (χ1v) is 6.78. The summed E-state index contributed by atoms with van der Waals surface area (Å²) in [7, 11) is 0. The van der Waals surface area contributed by atoms with Gasteiger partial charge in [0.2, 0.25) is 0 Å². The molecule has 1 saturated heterocycles. The average molecular weight is 265 g/mol. The number of nitrogens with one attached hydrogen (secondary N) is 1. The minimum atomic E-state index is -0.466. The molecule has 1 fully saturated rings. The highest BCUT2D eigenvalue weighted by molar-refractivity contribution is 5.54. The first-order valence-electron chi connectivity index (χ1n) is 6.78. The van der Waals surface area contributed by atoms with Crippen molar-refractivity contribution in [3.05, 3.63) is 23.8 Å². The monoisotopic (exact) mass is 265 g/mol. The van der Waals surface area contributed by atoms with Crippen molar-refractivity contribution in [2.24, 2.45) is 0 Å². The highest BCUT2D eigenvalue weighted by Gasteiger charge is 2.28. The molecule has 1 aliphatic rings. The van der Waals surface area contributed by atoms with Crippen molar-refractivity contribution in [2.75, 3.05) is 25.1 Å². The van der Waals surface area contributed by atoms with Crippen molar-refractivity contribution in [1.82, 2.24) is 0 Å². The second kappa shape index (κ2) is 5.80. The normalized spacial score (nSPS) is 19.2. The van der Waals surface area contributed by atoms with Crippen LogP contribution in [0.15, 0.2) is 18.2 Å². The zero-order chi connectivity index (χ0) is 13.9. The zero-order valence-electron chi connectivity index (χ0n) is 12.2. The van der Waals surface area contributed by atoms with E-state index in [9.17, 15) is 0 Å². The van der Waals surface area contributed by atoms with Gasteiger partial charge >= 0.3 is 0 Å². The Kier molecular flexibility index (Phi) is 4.32. The quantitative estimate of drug-likeness (QED) is 0.908. The van der Waals surface area contributed by atoms with E-state index in [4.69, 9.17) is 14.2 Å². The van der Waals surface area contributed by atoms with Crippen molar-refractivity contribution >= 4 is 5.69 Å². The molecule has 0 aromatic heterocycles. The number of aryl methyl sites for hydroxylation is 1. The van der Waals surface area contributed by atoms with Crippen LogP contribution in [0.25, 0.3) is 0 Å². The smallest absolute Gasteiger partial charge is 0.162 e. The zero-order valence-corrected chi connectivity index (χ0v) is 12.2. The van der Waals surface area contributed by atoms with Crippen LogP contribution >= 0.6 is 0 Å². The first kappa shape index (κ1) is 14.2. The molecule has 0 saturated carbocycles. The summed E-state index contributed by atoms with van der Waals surface area (Å²) in [5, 5.41) is 3.45. The Balaban J connectivity index is 1.96. The summed E-state index contributed by atoms with van der Waals surface area (Å²) < 4.78 is 16.8. The largest absolute Gasteiger partial charge is 0.494 e. The van der Waals surface area contributed by atoms with Crippen LogP contribution < -0.4 is 10.1 Å². The number of anilines is 1. The molecule has 0 amide bonds. The van der Waals surface area contributed by atoms with Crippen LogP contribution in [-0.2, 0) is 9.47 Å². The Labute approximate surface area is 115 Å². The van der Waals surface area contributed by atoms with Crippen molar-refractivity contribution in [3.8, 4) is 5.75 Å². The average Bonchev–Trinajstić information content (AvgIpc) is 2.35. The van der Waals surface area contributed by atoms with Gasteiger partial charge in [-0.05, 0) is 51.5 Å². The van der Waals surface area contributed by atoms with Crippen LogP contribution in [0.4, 0.5) is 5.69 Å². The molecule has 1 aromatic rings. The van der Waals surface area contributed by atoms with Gasteiger partial charge in [-0.2, -0.15) is 0 Å². The van der Waals surface area contributed by atoms with Crippen LogP contribution in [0, 0.1) is 6.92 Å². The maximum atomic E-state index is 5.64. The molecule has 0 radical (unpaired) electrons. The van der Waals surface area contributed by atoms with E-state index in [1.165, 1.54) is 0 Å². The Bertz CT molecular complexity index is 421. The lowest BCUT2D eigenvalue weighted by molar-refractivity contribution is -0.247. The predicted molar refractivity (Wildman–Crippen MR) is 75.7 cm³/mol. The summed E-state index contributed by atoms with van der Waals surface area (Å²) >= 11 is 0. The van der Waals surface area contributed by atoms with Crippen molar-refractivity contribution < 1.29 is 14.2 Å². The van der Waals surface area contributed by atoms with Crippen LogP contribution in [0.2, 0.25) is 0 Å². The molecule has 1 heterocycles. The van der Waals surface area contributed by atoms with Crippen LogP contribution in [0.1, 0.15) is 26.3 Å². The summed E-state index contributed by atoms with van der Waals surface area (Å²) in [5.41, 5.74) is 2.26. The molecule has 1 aliphatic heterocycles. The molecule has 2 rings (SSSR count). The fourth-order valence-electron chi connectivity index (χ4n) is 2.05. The molecule has 1 aromatic carbocycles. The van der Waals surface area contributed by atoms with E-state index < -0.39 is 5.79 Å². The van der Waals surface area contributed by atoms with Crippen molar-refractivity contribution in [3.63, 3.8) is 0 Å². The van der Waals surface area contributed by atoms with Crippen molar-refractivity contribution in [1.29, 1.82) is 0 Å². The third kappa shape index (κ3) is 3.85. The number of hydrogen-bond acceptors (Lipinski definition) is 4. The van der Waals surface area contributed by atoms with Crippen molar-refractivity contribution in [2.45, 2.75) is 39.5 Å². The Morgan fingerprint density at radius 3 is 2.58 bits per heavy atom. The Morgan fingerprint density at radius 1 is 1.32 bits per heavy atom. The fourth-order valence-corrected chi connectivity index (χ4v) is 2.05. The van der Waals surface area contributed by atoms with E-state index in [1.54, 1.807) is 0 Å². The minimum absolute atomic E-state index is 0.185. The number of rotatable bonds is 4. The first-order chi connectivity index (χ1) is 9.00. The molecule has 4 nitrogen and oxygen atoms in total. The standard InChI is InChI=1S/C15H23NO3/c1-5-17-13-6-7-14(11(2)8-13)16-12-9-18-15(3,4)19-10-12/h6-8,12,16H,5,9-10H2,1-4H3. The third-order valence-corrected chi connectivity index (χ3v) is 3.13. The fraction of sp³-hybridized carbons (Fsp3) is 0.600. The van der Waals surface area contributed by atoms with Gasteiger partial charge in [-0.15, -0.1) is 0 Å². The summed E-state index contributed by atoms with van der Waals surface area (Å²) in [6.07, 6.45) is 0. The SMILES string of the molecule is CCOc1ccc(NC2COC(C)(C)OC2)c(C)c1. The van der Waals surface area contributed by atoms with Crippen LogP contribution in [0.3, 0.4) is 0 Å². The molecular weight excluding hydrogens is 242 g/mol. The number of ether oxygens (including phenoxy) is 3. The molecule has 1 N–H and O–H groups in total. The predicted octanol–water partition coefficient (Wildman–Crippen LogP) is 2.96. The lowest BCUT2D eigenvalue weighted by atomic mass is 10.1. The van der Waals surface area contributed by atoms with Gasteiger partial charge in [0.15, 0.2) is 5.79 Å². The molecular formula is C15H23NO3. The lowest BCUT2D eigenvalue weighted by Gasteiger charge is -2.35. The minimum Gasteiger partial charge on any atom is -0.494 e. The van der Waals surface area contributed by atoms with Gasteiger partial charge in [-0.25, -0.2) is 0 Å². The van der Waals surface area contributed by atoms with Gasteiger partial charge in [0.05, 0.1) is 25.9 Å². The Hall–Kier alpha value is -1.26. The third-order valence-electron chi connectivity index (χ3n) is 3.13. The van der Waals surface area contributed by atoms with E-state index in [0.29, 0.717) is 19.8 Å². The lowest BCUT2D eigenvalue weighted by Crippen LogP contribution is -2.45. The highest BCUT2D eigenvalue weighted by Crippen LogP contribution is 2.24. The van der Waals surface area contributed by atoms with Gasteiger partial charge in [-0.3, -0.25) is 0 Å². The van der Waals surface area contributed by atoms with Gasteiger partial charge in [-0.1, -0.05) is 0 Å². The van der Waals surface area contributed by atoms with Gasteiger partial charge in [0.1, 0.15) is 5.75 Å². The summed E-state index contributed by atoms with van der Waals surface area (Å²) in [4.78, 5) is 0. The van der Waals surface area contributed by atoms with Gasteiger partial charge in [0.25, 0.3) is 0 Å². The van der Waals surface area contributed by atoms with Crippen LogP contribution in [-0.4, -0.2) is 31.6 Å². The van der Waals surface area contributed by atoms with E-state index >= 15 is 0 Å². The van der Waals surface area contributed by atoms with E-state index in [0.717, 1.165) is 17.0 Å². The van der Waals surface area contributed by atoms with Gasteiger partial charge in [0, 0.05) is 5.69 Å². The molecule has 106 valence electrons. The Morgan fingerprint density at radius 2 is 2.00 bits per heavy atom. The summed E-state index contributed by atoms with van der Waals surface area (Å²) in [6.45, 7) is 9.92. The van der Waals surface area contributed by atoms with E-state index in [-0.39, 0.29) is 6.04 Å². The maximum absolute atomic E-state index is 5.64. The second-order valence-corrected chi connectivity index (χ2v) is 5.27. The van der Waals surface area contributed by atoms with E-state index in [2.05, 4.69) is 12.2 Å². The number of benzene rings is 1. The molecule has 0 unspecified atom stereocenters. The molecule has 19 heavy (non-hydrogen) atoms. The summed E-state index contributed by atoms with van der Waals surface area (Å²) in [6, 6.07) is 6.25.